The fourth-order valence-electron chi connectivity index (χ4n) is 2.19. The smallest absolute Gasteiger partial charge is 0.128 e. The first-order valence-electron chi connectivity index (χ1n) is 6.14. The van der Waals surface area contributed by atoms with Crippen LogP contribution in [-0.4, -0.2) is 25.1 Å². The molecule has 0 amide bonds. The quantitative estimate of drug-likeness (QED) is 0.843. The Hall–Kier alpha value is -1.09. The Kier molecular flexibility index (Phi) is 3.78. The van der Waals surface area contributed by atoms with Gasteiger partial charge in [0.25, 0.3) is 0 Å². The van der Waals surface area contributed by atoms with Crippen molar-refractivity contribution < 1.29 is 0 Å². The molecule has 0 aromatic carbocycles. The second kappa shape index (κ2) is 5.30. The first kappa shape index (κ1) is 11.4. The van der Waals surface area contributed by atoms with Crippen LogP contribution in [0.25, 0.3) is 0 Å². The Bertz CT molecular complexity index is 330. The molecule has 0 radical (unpaired) electrons. The predicted octanol–water partition coefficient (Wildman–Crippen LogP) is 2.04. The molecule has 1 aromatic rings. The van der Waals surface area contributed by atoms with Gasteiger partial charge in [0.15, 0.2) is 0 Å². The van der Waals surface area contributed by atoms with Crippen molar-refractivity contribution in [1.29, 1.82) is 0 Å². The number of anilines is 1. The molecule has 2 rings (SSSR count). The lowest BCUT2D eigenvalue weighted by atomic mass is 9.99. The summed E-state index contributed by atoms with van der Waals surface area (Å²) in [4.78, 5) is 6.87. The fourth-order valence-corrected chi connectivity index (χ4v) is 2.19. The van der Waals surface area contributed by atoms with Gasteiger partial charge in [-0.15, -0.1) is 0 Å². The number of aromatic nitrogens is 1. The topological polar surface area (TPSA) is 28.2 Å². The fraction of sp³-hybridized carbons (Fsp3) is 0.615. The maximum absolute atomic E-state index is 4.47. The van der Waals surface area contributed by atoms with E-state index >= 15 is 0 Å². The summed E-state index contributed by atoms with van der Waals surface area (Å²) in [5, 5.41) is 3.17. The van der Waals surface area contributed by atoms with Crippen LogP contribution in [0.1, 0.15) is 25.3 Å². The number of rotatable bonds is 3. The summed E-state index contributed by atoms with van der Waals surface area (Å²) >= 11 is 0. The number of pyridine rings is 1. The maximum atomic E-state index is 4.47. The zero-order chi connectivity index (χ0) is 11.4. The summed E-state index contributed by atoms with van der Waals surface area (Å²) in [6.07, 6.45) is 4.50. The van der Waals surface area contributed by atoms with Gasteiger partial charge in [0.2, 0.25) is 0 Å². The van der Waals surface area contributed by atoms with Gasteiger partial charge in [-0.1, -0.05) is 6.92 Å². The maximum Gasteiger partial charge on any atom is 0.128 e. The molecule has 1 saturated heterocycles. The zero-order valence-electron chi connectivity index (χ0n) is 10.2. The highest BCUT2D eigenvalue weighted by Crippen LogP contribution is 2.21. The highest BCUT2D eigenvalue weighted by molar-refractivity contribution is 5.41. The Morgan fingerprint density at radius 2 is 2.19 bits per heavy atom. The molecule has 3 nitrogen and oxygen atoms in total. The first-order valence-corrected chi connectivity index (χ1v) is 6.14. The standard InChI is InChI=1S/C13H21N3/c1-11-4-7-16(8-5-11)13-9-12(10-14-2)3-6-15-13/h3,6,9,11,14H,4-5,7-8,10H2,1-2H3. The molecule has 3 heteroatoms. The van der Waals surface area contributed by atoms with Gasteiger partial charge in [0.1, 0.15) is 5.82 Å². The van der Waals surface area contributed by atoms with E-state index in [4.69, 9.17) is 0 Å². The molecule has 16 heavy (non-hydrogen) atoms. The van der Waals surface area contributed by atoms with Crippen LogP contribution < -0.4 is 10.2 Å². The highest BCUT2D eigenvalue weighted by atomic mass is 15.2. The van der Waals surface area contributed by atoms with Gasteiger partial charge in [-0.2, -0.15) is 0 Å². The van der Waals surface area contributed by atoms with Gasteiger partial charge >= 0.3 is 0 Å². The molecule has 1 aliphatic heterocycles. The third-order valence-corrected chi connectivity index (χ3v) is 3.30. The normalized spacial score (nSPS) is 17.8. The Morgan fingerprint density at radius 3 is 2.88 bits per heavy atom. The molecule has 1 fully saturated rings. The molecule has 0 bridgehead atoms. The molecule has 0 unspecified atom stereocenters. The van der Waals surface area contributed by atoms with Gasteiger partial charge in [0.05, 0.1) is 0 Å². The van der Waals surface area contributed by atoms with Gasteiger partial charge in [-0.25, -0.2) is 4.98 Å². The number of hydrogen-bond acceptors (Lipinski definition) is 3. The van der Waals surface area contributed by atoms with Crippen molar-refractivity contribution in [2.75, 3.05) is 25.0 Å². The molecular weight excluding hydrogens is 198 g/mol. The first-order chi connectivity index (χ1) is 7.79. The average Bonchev–Trinajstić information content (AvgIpc) is 2.31. The lowest BCUT2D eigenvalue weighted by Gasteiger charge is -2.31. The van der Waals surface area contributed by atoms with Crippen molar-refractivity contribution in [2.45, 2.75) is 26.3 Å². The predicted molar refractivity (Wildman–Crippen MR) is 67.6 cm³/mol. The SMILES string of the molecule is CNCc1ccnc(N2CCC(C)CC2)c1. The van der Waals surface area contributed by atoms with E-state index in [2.05, 4.69) is 34.3 Å². The summed E-state index contributed by atoms with van der Waals surface area (Å²) < 4.78 is 0. The second-order valence-electron chi connectivity index (χ2n) is 4.72. The summed E-state index contributed by atoms with van der Waals surface area (Å²) in [5.74, 6) is 2.01. The van der Waals surface area contributed by atoms with E-state index in [-0.39, 0.29) is 0 Å². The molecular formula is C13H21N3. The molecule has 1 aromatic heterocycles. The van der Waals surface area contributed by atoms with Crippen LogP contribution in [0.4, 0.5) is 5.82 Å². The molecule has 1 N–H and O–H groups in total. The minimum atomic E-state index is 0.872. The van der Waals surface area contributed by atoms with E-state index in [1.54, 1.807) is 0 Å². The summed E-state index contributed by atoms with van der Waals surface area (Å²) in [6, 6.07) is 4.28. The summed E-state index contributed by atoms with van der Waals surface area (Å²) in [6.45, 7) is 5.55. The average molecular weight is 219 g/mol. The van der Waals surface area contributed by atoms with E-state index in [9.17, 15) is 0 Å². The Labute approximate surface area is 97.9 Å². The molecule has 0 atom stereocenters. The number of hydrogen-bond donors (Lipinski definition) is 1. The van der Waals surface area contributed by atoms with Crippen LogP contribution in [0, 0.1) is 5.92 Å². The molecule has 0 aliphatic carbocycles. The van der Waals surface area contributed by atoms with Crippen LogP contribution in [-0.2, 0) is 6.54 Å². The van der Waals surface area contributed by atoms with Gasteiger partial charge in [0, 0.05) is 25.8 Å². The molecule has 0 spiro atoms. The van der Waals surface area contributed by atoms with E-state index in [0.29, 0.717) is 0 Å². The third-order valence-electron chi connectivity index (χ3n) is 3.30. The molecule has 0 saturated carbocycles. The van der Waals surface area contributed by atoms with Gasteiger partial charge in [-0.3, -0.25) is 0 Å². The van der Waals surface area contributed by atoms with E-state index < -0.39 is 0 Å². The minimum absolute atomic E-state index is 0.872. The molecule has 1 aliphatic rings. The van der Waals surface area contributed by atoms with Crippen LogP contribution in [0.15, 0.2) is 18.3 Å². The molecule has 88 valence electrons. The highest BCUT2D eigenvalue weighted by Gasteiger charge is 2.16. The van der Waals surface area contributed by atoms with Crippen LogP contribution >= 0.6 is 0 Å². The van der Waals surface area contributed by atoms with Crippen LogP contribution in [0.3, 0.4) is 0 Å². The Balaban J connectivity index is 2.05. The summed E-state index contributed by atoms with van der Waals surface area (Å²) in [7, 11) is 1.97. The van der Waals surface area contributed by atoms with Crippen molar-refractivity contribution in [2.24, 2.45) is 5.92 Å². The van der Waals surface area contributed by atoms with Gasteiger partial charge < -0.3 is 10.2 Å². The third kappa shape index (κ3) is 2.73. The van der Waals surface area contributed by atoms with Crippen molar-refractivity contribution in [3.8, 4) is 0 Å². The van der Waals surface area contributed by atoms with Crippen molar-refractivity contribution in [1.82, 2.24) is 10.3 Å². The lowest BCUT2D eigenvalue weighted by molar-refractivity contribution is 0.436. The number of nitrogens with zero attached hydrogens (tertiary/aromatic N) is 2. The second-order valence-corrected chi connectivity index (χ2v) is 4.72. The van der Waals surface area contributed by atoms with E-state index in [0.717, 1.165) is 31.4 Å². The monoisotopic (exact) mass is 219 g/mol. The lowest BCUT2D eigenvalue weighted by Crippen LogP contribution is -2.33. The van der Waals surface area contributed by atoms with Crippen LogP contribution in [0.2, 0.25) is 0 Å². The van der Waals surface area contributed by atoms with Crippen LogP contribution in [0.5, 0.6) is 0 Å². The number of piperidine rings is 1. The largest absolute Gasteiger partial charge is 0.357 e. The van der Waals surface area contributed by atoms with E-state index in [1.165, 1.54) is 18.4 Å². The Morgan fingerprint density at radius 1 is 1.44 bits per heavy atom. The number of nitrogens with one attached hydrogen (secondary N) is 1. The minimum Gasteiger partial charge on any atom is -0.357 e. The van der Waals surface area contributed by atoms with Crippen molar-refractivity contribution in [3.63, 3.8) is 0 Å². The van der Waals surface area contributed by atoms with E-state index in [1.807, 2.05) is 13.2 Å². The van der Waals surface area contributed by atoms with Gasteiger partial charge in [-0.05, 0) is 43.5 Å². The summed E-state index contributed by atoms with van der Waals surface area (Å²) in [5.41, 5.74) is 1.31. The van der Waals surface area contributed by atoms with Crippen molar-refractivity contribution in [3.05, 3.63) is 23.9 Å². The van der Waals surface area contributed by atoms with Crippen molar-refractivity contribution >= 4 is 5.82 Å². The molecule has 2 heterocycles. The zero-order valence-corrected chi connectivity index (χ0v) is 10.2.